The monoisotopic (exact) mass is 298 g/mol. The molecule has 0 amide bonds. The van der Waals surface area contributed by atoms with Gasteiger partial charge in [0.15, 0.2) is 0 Å². The van der Waals surface area contributed by atoms with Crippen LogP contribution in [0.5, 0.6) is 0 Å². The maximum absolute atomic E-state index is 13.1. The lowest BCUT2D eigenvalue weighted by Crippen LogP contribution is -2.01. The Labute approximate surface area is 105 Å². The summed E-state index contributed by atoms with van der Waals surface area (Å²) in [5.74, 6) is -1.38. The predicted octanol–water partition coefficient (Wildman–Crippen LogP) is 2.53. The van der Waals surface area contributed by atoms with E-state index in [2.05, 4.69) is 21.0 Å². The molecule has 2 aromatic rings. The van der Waals surface area contributed by atoms with Gasteiger partial charge in [-0.2, -0.15) is 5.10 Å². The number of rotatable bonds is 3. The molecule has 0 radical (unpaired) electrons. The Bertz CT molecular complexity index is 548. The summed E-state index contributed by atoms with van der Waals surface area (Å²) in [6.45, 7) is 0.323. The number of hydrogen-bond donors (Lipinski definition) is 1. The Balaban J connectivity index is 2.22. The molecule has 0 aliphatic rings. The standard InChI is InChI=1S/C11H8BrFN2O2/c12-9-1-7(2-10(13)3-9)5-15-6-8(4-14-15)11(16)17/h1-4,6H,5H2,(H,16,17). The fourth-order valence-corrected chi connectivity index (χ4v) is 1.96. The van der Waals surface area contributed by atoms with Gasteiger partial charge in [0.05, 0.1) is 18.3 Å². The van der Waals surface area contributed by atoms with E-state index in [9.17, 15) is 9.18 Å². The van der Waals surface area contributed by atoms with Crippen LogP contribution in [0.3, 0.4) is 0 Å². The molecule has 2 rings (SSSR count). The van der Waals surface area contributed by atoms with E-state index in [4.69, 9.17) is 5.11 Å². The van der Waals surface area contributed by atoms with E-state index in [1.54, 1.807) is 6.07 Å². The van der Waals surface area contributed by atoms with Crippen LogP contribution in [0.15, 0.2) is 35.1 Å². The van der Waals surface area contributed by atoms with Crippen molar-refractivity contribution in [1.82, 2.24) is 9.78 Å². The normalized spacial score (nSPS) is 10.5. The van der Waals surface area contributed by atoms with E-state index in [0.717, 1.165) is 0 Å². The van der Waals surface area contributed by atoms with Crippen LogP contribution in [-0.2, 0) is 6.54 Å². The molecule has 1 N–H and O–H groups in total. The third-order valence-corrected chi connectivity index (χ3v) is 2.60. The first-order chi connectivity index (χ1) is 8.04. The SMILES string of the molecule is O=C(O)c1cnn(Cc2cc(F)cc(Br)c2)c1. The largest absolute Gasteiger partial charge is 0.478 e. The van der Waals surface area contributed by atoms with Crippen molar-refractivity contribution in [3.63, 3.8) is 0 Å². The molecule has 4 nitrogen and oxygen atoms in total. The molecule has 0 aliphatic heterocycles. The van der Waals surface area contributed by atoms with Crippen molar-refractivity contribution < 1.29 is 14.3 Å². The van der Waals surface area contributed by atoms with Gasteiger partial charge in [0.2, 0.25) is 0 Å². The van der Waals surface area contributed by atoms with E-state index in [0.29, 0.717) is 16.6 Å². The van der Waals surface area contributed by atoms with Crippen molar-refractivity contribution >= 4 is 21.9 Å². The molecule has 0 unspecified atom stereocenters. The van der Waals surface area contributed by atoms with Crippen LogP contribution in [-0.4, -0.2) is 20.9 Å². The summed E-state index contributed by atoms with van der Waals surface area (Å²) < 4.78 is 15.2. The topological polar surface area (TPSA) is 55.1 Å². The fraction of sp³-hybridized carbons (Fsp3) is 0.0909. The number of carboxylic acid groups (broad SMARTS) is 1. The first-order valence-corrected chi connectivity index (χ1v) is 5.54. The zero-order chi connectivity index (χ0) is 12.4. The molecule has 0 spiro atoms. The molecule has 0 fully saturated rings. The molecule has 0 aliphatic carbocycles. The van der Waals surface area contributed by atoms with Crippen LogP contribution < -0.4 is 0 Å². The van der Waals surface area contributed by atoms with Gasteiger partial charge in [0, 0.05) is 10.7 Å². The molecule has 0 saturated carbocycles. The molecule has 1 aromatic heterocycles. The Kier molecular flexibility index (Phi) is 3.23. The van der Waals surface area contributed by atoms with E-state index < -0.39 is 5.97 Å². The van der Waals surface area contributed by atoms with Gasteiger partial charge in [-0.25, -0.2) is 9.18 Å². The highest BCUT2D eigenvalue weighted by molar-refractivity contribution is 9.10. The van der Waals surface area contributed by atoms with E-state index in [1.165, 1.54) is 29.2 Å². The Morgan fingerprint density at radius 3 is 2.82 bits per heavy atom. The first kappa shape index (κ1) is 11.8. The van der Waals surface area contributed by atoms with Crippen LogP contribution >= 0.6 is 15.9 Å². The minimum absolute atomic E-state index is 0.112. The van der Waals surface area contributed by atoms with Crippen LogP contribution in [0.25, 0.3) is 0 Å². The van der Waals surface area contributed by atoms with Gasteiger partial charge in [-0.1, -0.05) is 15.9 Å². The number of nitrogens with zero attached hydrogens (tertiary/aromatic N) is 2. The molecule has 0 atom stereocenters. The second-order valence-electron chi connectivity index (χ2n) is 3.51. The van der Waals surface area contributed by atoms with Crippen LogP contribution in [0, 0.1) is 5.82 Å². The number of halogens is 2. The van der Waals surface area contributed by atoms with E-state index in [1.807, 2.05) is 0 Å². The third kappa shape index (κ3) is 2.91. The Hall–Kier alpha value is -1.69. The zero-order valence-electron chi connectivity index (χ0n) is 8.60. The number of carbonyl (C=O) groups is 1. The summed E-state index contributed by atoms with van der Waals surface area (Å²) >= 11 is 3.19. The van der Waals surface area contributed by atoms with Crippen molar-refractivity contribution in [2.75, 3.05) is 0 Å². The Morgan fingerprint density at radius 1 is 1.47 bits per heavy atom. The number of hydrogen-bond acceptors (Lipinski definition) is 2. The molecular weight excluding hydrogens is 291 g/mol. The number of aromatic carboxylic acids is 1. The van der Waals surface area contributed by atoms with Crippen molar-refractivity contribution in [3.8, 4) is 0 Å². The van der Waals surface area contributed by atoms with Crippen molar-refractivity contribution in [3.05, 3.63) is 52.0 Å². The second kappa shape index (κ2) is 4.67. The summed E-state index contributed by atoms with van der Waals surface area (Å²) in [6, 6.07) is 4.49. The van der Waals surface area contributed by atoms with Gasteiger partial charge in [-0.15, -0.1) is 0 Å². The lowest BCUT2D eigenvalue weighted by Gasteiger charge is -2.02. The minimum atomic E-state index is -1.03. The second-order valence-corrected chi connectivity index (χ2v) is 4.43. The maximum Gasteiger partial charge on any atom is 0.338 e. The summed E-state index contributed by atoms with van der Waals surface area (Å²) in [7, 11) is 0. The van der Waals surface area contributed by atoms with Crippen molar-refractivity contribution in [2.45, 2.75) is 6.54 Å². The maximum atomic E-state index is 13.1. The lowest BCUT2D eigenvalue weighted by atomic mass is 10.2. The Morgan fingerprint density at radius 2 is 2.24 bits per heavy atom. The lowest BCUT2D eigenvalue weighted by molar-refractivity contribution is 0.0697. The summed E-state index contributed by atoms with van der Waals surface area (Å²) in [5, 5.41) is 12.6. The summed E-state index contributed by atoms with van der Waals surface area (Å²) in [5.41, 5.74) is 0.817. The minimum Gasteiger partial charge on any atom is -0.478 e. The zero-order valence-corrected chi connectivity index (χ0v) is 10.2. The highest BCUT2D eigenvalue weighted by atomic mass is 79.9. The average Bonchev–Trinajstić information content (AvgIpc) is 2.64. The van der Waals surface area contributed by atoms with Gasteiger partial charge < -0.3 is 5.11 Å². The quantitative estimate of drug-likeness (QED) is 0.947. The number of benzene rings is 1. The smallest absolute Gasteiger partial charge is 0.338 e. The van der Waals surface area contributed by atoms with Gasteiger partial charge in [0.25, 0.3) is 0 Å². The fourth-order valence-electron chi connectivity index (χ4n) is 1.45. The third-order valence-electron chi connectivity index (χ3n) is 2.15. The molecule has 88 valence electrons. The van der Waals surface area contributed by atoms with Gasteiger partial charge in [-0.3, -0.25) is 4.68 Å². The molecule has 6 heteroatoms. The highest BCUT2D eigenvalue weighted by Crippen LogP contribution is 2.15. The van der Waals surface area contributed by atoms with Crippen LogP contribution in [0.2, 0.25) is 0 Å². The first-order valence-electron chi connectivity index (χ1n) is 4.75. The number of aromatic nitrogens is 2. The predicted molar refractivity (Wildman–Crippen MR) is 62.4 cm³/mol. The molecule has 1 aromatic carbocycles. The molecule has 0 saturated heterocycles. The molecule has 0 bridgehead atoms. The van der Waals surface area contributed by atoms with Gasteiger partial charge in [-0.05, 0) is 23.8 Å². The van der Waals surface area contributed by atoms with Crippen molar-refractivity contribution in [2.24, 2.45) is 0 Å². The summed E-state index contributed by atoms with van der Waals surface area (Å²) in [4.78, 5) is 10.7. The number of carboxylic acids is 1. The molecular formula is C11H8BrFN2O2. The van der Waals surface area contributed by atoms with Crippen LogP contribution in [0.4, 0.5) is 4.39 Å². The molecule has 1 heterocycles. The van der Waals surface area contributed by atoms with Gasteiger partial charge in [0.1, 0.15) is 5.82 Å². The highest BCUT2D eigenvalue weighted by Gasteiger charge is 2.06. The van der Waals surface area contributed by atoms with Gasteiger partial charge >= 0.3 is 5.97 Å². The van der Waals surface area contributed by atoms with Crippen LogP contribution in [0.1, 0.15) is 15.9 Å². The van der Waals surface area contributed by atoms with Crippen molar-refractivity contribution in [1.29, 1.82) is 0 Å². The molecule has 17 heavy (non-hydrogen) atoms. The average molecular weight is 299 g/mol. The van der Waals surface area contributed by atoms with E-state index >= 15 is 0 Å². The van der Waals surface area contributed by atoms with E-state index in [-0.39, 0.29) is 11.4 Å². The summed E-state index contributed by atoms with van der Waals surface area (Å²) in [6.07, 6.45) is 2.66.